The van der Waals surface area contributed by atoms with Gasteiger partial charge in [0.15, 0.2) is 6.61 Å². The number of aryl methyl sites for hydroxylation is 2. The summed E-state index contributed by atoms with van der Waals surface area (Å²) >= 11 is 1.47. The fourth-order valence-electron chi connectivity index (χ4n) is 2.88. The molecule has 0 fully saturated rings. The molecule has 0 saturated carbocycles. The number of hydrogen-bond donors (Lipinski definition) is 1. The largest absolute Gasteiger partial charge is 0.497 e. The van der Waals surface area contributed by atoms with E-state index in [-0.39, 0.29) is 6.61 Å². The van der Waals surface area contributed by atoms with Crippen LogP contribution in [0.1, 0.15) is 33.0 Å². The third-order valence-electron chi connectivity index (χ3n) is 4.21. The first-order chi connectivity index (χ1) is 12.6. The lowest BCUT2D eigenvalue weighted by Gasteiger charge is -2.11. The van der Waals surface area contributed by atoms with Crippen molar-refractivity contribution in [3.63, 3.8) is 0 Å². The van der Waals surface area contributed by atoms with Gasteiger partial charge in [0.05, 0.1) is 19.9 Å². The van der Waals surface area contributed by atoms with Crippen molar-refractivity contribution in [3.8, 4) is 11.5 Å². The highest BCUT2D eigenvalue weighted by Crippen LogP contribution is 2.30. The van der Waals surface area contributed by atoms with Gasteiger partial charge in [-0.2, -0.15) is 0 Å². The topological polar surface area (TPSA) is 73.9 Å². The van der Waals surface area contributed by atoms with Gasteiger partial charge in [0, 0.05) is 10.9 Å². The molecular weight excluding hydrogens is 354 g/mol. The minimum Gasteiger partial charge on any atom is -0.497 e. The molecule has 0 bridgehead atoms. The maximum absolute atomic E-state index is 12.2. The molecule has 2 aromatic rings. The summed E-state index contributed by atoms with van der Waals surface area (Å²) in [7, 11) is 3.05. The summed E-state index contributed by atoms with van der Waals surface area (Å²) in [4.78, 5) is 26.1. The maximum atomic E-state index is 12.2. The first kappa shape index (κ1) is 18.3. The molecule has 1 aromatic carbocycles. The summed E-state index contributed by atoms with van der Waals surface area (Å²) in [6, 6.07) is 6.94. The summed E-state index contributed by atoms with van der Waals surface area (Å²) < 4.78 is 15.5. The summed E-state index contributed by atoms with van der Waals surface area (Å²) in [6.45, 7) is -0.351. The van der Waals surface area contributed by atoms with E-state index in [2.05, 4.69) is 5.32 Å². The Kier molecular flexibility index (Phi) is 5.78. The normalized spacial score (nSPS) is 12.8. The molecule has 1 amide bonds. The third kappa shape index (κ3) is 4.16. The van der Waals surface area contributed by atoms with E-state index in [0.29, 0.717) is 22.1 Å². The van der Waals surface area contributed by atoms with Gasteiger partial charge in [-0.1, -0.05) is 0 Å². The van der Waals surface area contributed by atoms with E-state index >= 15 is 0 Å². The number of methoxy groups -OCH3 is 2. The Morgan fingerprint density at radius 1 is 1.12 bits per heavy atom. The van der Waals surface area contributed by atoms with Gasteiger partial charge in [-0.15, -0.1) is 11.3 Å². The zero-order valence-corrected chi connectivity index (χ0v) is 15.6. The van der Waals surface area contributed by atoms with Crippen molar-refractivity contribution >= 4 is 28.9 Å². The second-order valence-electron chi connectivity index (χ2n) is 5.96. The fourth-order valence-corrected chi connectivity index (χ4v) is 4.03. The highest BCUT2D eigenvalue weighted by Gasteiger charge is 2.19. The highest BCUT2D eigenvalue weighted by atomic mass is 32.1. The number of amides is 1. The van der Waals surface area contributed by atoms with E-state index in [9.17, 15) is 9.59 Å². The summed E-state index contributed by atoms with van der Waals surface area (Å²) in [6.07, 6.45) is 4.35. The molecule has 0 spiro atoms. The first-order valence-electron chi connectivity index (χ1n) is 8.41. The third-order valence-corrected chi connectivity index (χ3v) is 5.43. The molecule has 0 unspecified atom stereocenters. The van der Waals surface area contributed by atoms with E-state index in [1.54, 1.807) is 25.3 Å². The van der Waals surface area contributed by atoms with Crippen LogP contribution in [0.3, 0.4) is 0 Å². The van der Waals surface area contributed by atoms with Gasteiger partial charge in [-0.25, -0.2) is 4.79 Å². The van der Waals surface area contributed by atoms with Crippen LogP contribution in [0.25, 0.3) is 0 Å². The quantitative estimate of drug-likeness (QED) is 0.783. The van der Waals surface area contributed by atoms with Crippen LogP contribution in [0.4, 0.5) is 5.69 Å². The summed E-state index contributed by atoms with van der Waals surface area (Å²) in [5, 5.41) is 2.68. The maximum Gasteiger partial charge on any atom is 0.348 e. The van der Waals surface area contributed by atoms with Crippen LogP contribution in [0.15, 0.2) is 24.3 Å². The Morgan fingerprint density at radius 2 is 1.92 bits per heavy atom. The van der Waals surface area contributed by atoms with Crippen molar-refractivity contribution in [1.29, 1.82) is 0 Å². The molecule has 7 heteroatoms. The van der Waals surface area contributed by atoms with Crippen LogP contribution in [-0.2, 0) is 22.4 Å². The van der Waals surface area contributed by atoms with Gasteiger partial charge in [0.25, 0.3) is 5.91 Å². The van der Waals surface area contributed by atoms with Crippen LogP contribution >= 0.6 is 11.3 Å². The van der Waals surface area contributed by atoms with E-state index in [4.69, 9.17) is 14.2 Å². The number of hydrogen-bond acceptors (Lipinski definition) is 6. The number of rotatable bonds is 6. The number of carbonyl (C=O) groups is 2. The molecule has 1 aromatic heterocycles. The number of anilines is 1. The number of ether oxygens (including phenoxy) is 3. The second kappa shape index (κ2) is 8.23. The lowest BCUT2D eigenvalue weighted by Crippen LogP contribution is -2.21. The zero-order valence-electron chi connectivity index (χ0n) is 14.8. The first-order valence-corrected chi connectivity index (χ1v) is 9.23. The molecule has 0 saturated heterocycles. The number of nitrogens with one attached hydrogen (secondary N) is 1. The number of benzene rings is 1. The van der Waals surface area contributed by atoms with E-state index < -0.39 is 11.9 Å². The van der Waals surface area contributed by atoms with Gasteiger partial charge >= 0.3 is 5.97 Å². The van der Waals surface area contributed by atoms with Crippen molar-refractivity contribution in [3.05, 3.63) is 39.6 Å². The predicted octanol–water partition coefficient (Wildman–Crippen LogP) is 3.44. The van der Waals surface area contributed by atoms with Gasteiger partial charge < -0.3 is 19.5 Å². The van der Waals surface area contributed by atoms with Crippen molar-refractivity contribution < 1.29 is 23.8 Å². The number of thiophene rings is 1. The van der Waals surface area contributed by atoms with Crippen molar-refractivity contribution in [2.45, 2.75) is 25.7 Å². The zero-order chi connectivity index (χ0) is 18.5. The Bertz CT molecular complexity index is 791. The summed E-state index contributed by atoms with van der Waals surface area (Å²) in [5.41, 5.74) is 1.72. The van der Waals surface area contributed by atoms with Gasteiger partial charge in [-0.3, -0.25) is 4.79 Å². The van der Waals surface area contributed by atoms with Crippen LogP contribution in [0, 0.1) is 0 Å². The second-order valence-corrected chi connectivity index (χ2v) is 7.09. The lowest BCUT2D eigenvalue weighted by atomic mass is 9.99. The Morgan fingerprint density at radius 3 is 2.65 bits per heavy atom. The fraction of sp³-hybridized carbons (Fsp3) is 0.368. The lowest BCUT2D eigenvalue weighted by molar-refractivity contribution is -0.119. The van der Waals surface area contributed by atoms with Crippen molar-refractivity contribution in [1.82, 2.24) is 0 Å². The minimum atomic E-state index is -0.457. The molecule has 26 heavy (non-hydrogen) atoms. The van der Waals surface area contributed by atoms with Crippen LogP contribution in [0.5, 0.6) is 11.5 Å². The average molecular weight is 375 g/mol. The number of esters is 1. The monoisotopic (exact) mass is 375 g/mol. The van der Waals surface area contributed by atoms with E-state index in [0.717, 1.165) is 25.7 Å². The average Bonchev–Trinajstić information content (AvgIpc) is 3.10. The predicted molar refractivity (Wildman–Crippen MR) is 99.4 cm³/mol. The van der Waals surface area contributed by atoms with Crippen LogP contribution < -0.4 is 14.8 Å². The standard InChI is InChI=1S/C19H21NO5S/c1-23-13-7-8-14(15(10-13)24-2)20-18(21)11-25-19(22)17-9-12-5-3-4-6-16(12)26-17/h7-10H,3-6,11H2,1-2H3,(H,20,21). The molecule has 1 heterocycles. The molecule has 0 radical (unpaired) electrons. The van der Waals surface area contributed by atoms with Gasteiger partial charge in [-0.05, 0) is 49.4 Å². The molecule has 0 atom stereocenters. The van der Waals surface area contributed by atoms with Crippen molar-refractivity contribution in [2.75, 3.05) is 26.1 Å². The molecule has 6 nitrogen and oxygen atoms in total. The minimum absolute atomic E-state index is 0.351. The Hall–Kier alpha value is -2.54. The van der Waals surface area contributed by atoms with Crippen LogP contribution in [-0.4, -0.2) is 32.7 Å². The van der Waals surface area contributed by atoms with Gasteiger partial charge in [0.2, 0.25) is 0 Å². The Balaban J connectivity index is 1.57. The van der Waals surface area contributed by atoms with Crippen LogP contribution in [0.2, 0.25) is 0 Å². The Labute approximate surface area is 156 Å². The summed E-state index contributed by atoms with van der Waals surface area (Å²) in [5.74, 6) is 0.201. The number of carbonyl (C=O) groups excluding carboxylic acids is 2. The van der Waals surface area contributed by atoms with Crippen molar-refractivity contribution in [2.24, 2.45) is 0 Å². The van der Waals surface area contributed by atoms with E-state index in [1.165, 1.54) is 28.9 Å². The molecule has 0 aliphatic heterocycles. The molecule has 3 rings (SSSR count). The molecular formula is C19H21NO5S. The molecule has 1 aliphatic carbocycles. The van der Waals surface area contributed by atoms with Gasteiger partial charge in [0.1, 0.15) is 16.4 Å². The smallest absolute Gasteiger partial charge is 0.348 e. The highest BCUT2D eigenvalue weighted by molar-refractivity contribution is 7.14. The van der Waals surface area contributed by atoms with E-state index in [1.807, 2.05) is 6.07 Å². The number of fused-ring (bicyclic) bond motifs is 1. The molecule has 1 N–H and O–H groups in total. The molecule has 1 aliphatic rings. The SMILES string of the molecule is COc1ccc(NC(=O)COC(=O)c2cc3c(s2)CCCC3)c(OC)c1. The molecule has 138 valence electrons.